The van der Waals surface area contributed by atoms with Crippen LogP contribution in [0.5, 0.6) is 0 Å². The maximum Gasteiger partial charge on any atom is 0.254 e. The summed E-state index contributed by atoms with van der Waals surface area (Å²) in [5, 5.41) is 4.23. The maximum atomic E-state index is 13.7. The lowest BCUT2D eigenvalue weighted by Crippen LogP contribution is -2.61. The minimum absolute atomic E-state index is 0.0571. The quantitative estimate of drug-likeness (QED) is 0.651. The zero-order valence-electron chi connectivity index (χ0n) is 17.7. The Bertz CT molecular complexity index is 1090. The Morgan fingerprint density at radius 3 is 2.29 bits per heavy atom. The van der Waals surface area contributed by atoms with Crippen LogP contribution in [0, 0.1) is 6.92 Å². The molecule has 1 spiro atoms. The summed E-state index contributed by atoms with van der Waals surface area (Å²) in [6, 6.07) is 17.4. The van der Waals surface area contributed by atoms with Crippen molar-refractivity contribution < 1.29 is 9.59 Å². The van der Waals surface area contributed by atoms with E-state index < -0.39 is 5.54 Å². The summed E-state index contributed by atoms with van der Waals surface area (Å²) >= 11 is 0. The molecule has 2 amide bonds. The van der Waals surface area contributed by atoms with Gasteiger partial charge in [-0.05, 0) is 75.1 Å². The van der Waals surface area contributed by atoms with Crippen molar-refractivity contribution in [1.82, 2.24) is 14.7 Å². The average molecular weight is 415 g/mol. The van der Waals surface area contributed by atoms with Gasteiger partial charge in [0.05, 0.1) is 5.69 Å². The van der Waals surface area contributed by atoms with Gasteiger partial charge in [0.2, 0.25) is 0 Å². The predicted molar refractivity (Wildman–Crippen MR) is 119 cm³/mol. The summed E-state index contributed by atoms with van der Waals surface area (Å²) in [7, 11) is 0. The second-order valence-corrected chi connectivity index (χ2v) is 8.49. The molecule has 1 aromatic heterocycles. The molecule has 2 aliphatic rings. The SMILES string of the molecule is Cc1ccc(N2CCCC3(CCCN3C(=O)c3ccc(-n4cccn4)cc3)C2=O)cc1. The molecule has 6 nitrogen and oxygen atoms in total. The number of aromatic nitrogens is 2. The Morgan fingerprint density at radius 1 is 0.935 bits per heavy atom. The van der Waals surface area contributed by atoms with Crippen LogP contribution in [-0.2, 0) is 4.79 Å². The minimum atomic E-state index is -0.735. The van der Waals surface area contributed by atoms with Gasteiger partial charge in [-0.1, -0.05) is 17.7 Å². The highest BCUT2D eigenvalue weighted by molar-refractivity contribution is 6.06. The first-order chi connectivity index (χ1) is 15.1. The monoisotopic (exact) mass is 414 g/mol. The summed E-state index contributed by atoms with van der Waals surface area (Å²) < 4.78 is 1.76. The zero-order chi connectivity index (χ0) is 21.4. The van der Waals surface area contributed by atoms with E-state index in [0.29, 0.717) is 18.7 Å². The third-order valence-corrected chi connectivity index (χ3v) is 6.58. The van der Waals surface area contributed by atoms with Gasteiger partial charge in [-0.25, -0.2) is 4.68 Å². The summed E-state index contributed by atoms with van der Waals surface area (Å²) in [6.07, 6.45) is 6.79. The number of rotatable bonds is 3. The van der Waals surface area contributed by atoms with Gasteiger partial charge in [-0.2, -0.15) is 5.10 Å². The van der Waals surface area contributed by atoms with Crippen molar-refractivity contribution in [3.63, 3.8) is 0 Å². The van der Waals surface area contributed by atoms with Crippen LogP contribution in [0.4, 0.5) is 5.69 Å². The van der Waals surface area contributed by atoms with E-state index in [4.69, 9.17) is 0 Å². The van der Waals surface area contributed by atoms with Crippen LogP contribution in [0.2, 0.25) is 0 Å². The normalized spacial score (nSPS) is 21.1. The molecule has 1 atom stereocenters. The Balaban J connectivity index is 1.42. The second kappa shape index (κ2) is 7.69. The van der Waals surface area contributed by atoms with Crippen LogP contribution in [0.25, 0.3) is 5.69 Å². The largest absolute Gasteiger partial charge is 0.324 e. The maximum absolute atomic E-state index is 13.7. The fourth-order valence-electron chi connectivity index (χ4n) is 4.95. The van der Waals surface area contributed by atoms with Crippen LogP contribution >= 0.6 is 0 Å². The predicted octanol–water partition coefficient (Wildman–Crippen LogP) is 3.98. The van der Waals surface area contributed by atoms with Gasteiger partial charge < -0.3 is 9.80 Å². The molecular formula is C25H26N4O2. The number of likely N-dealkylation sites (tertiary alicyclic amines) is 1. The highest BCUT2D eigenvalue weighted by Crippen LogP contribution is 2.40. The standard InChI is InChI=1S/C25H26N4O2/c1-19-5-9-21(10-6-19)27-16-2-13-25(24(27)31)14-3-17-28(25)23(30)20-7-11-22(12-8-20)29-18-4-15-26-29/h4-12,15,18H,2-3,13-14,16-17H2,1H3. The van der Waals surface area contributed by atoms with E-state index in [9.17, 15) is 9.59 Å². The first kappa shape index (κ1) is 19.5. The molecule has 5 rings (SSSR count). The number of carbonyl (C=O) groups is 2. The van der Waals surface area contributed by atoms with Crippen LogP contribution in [0.3, 0.4) is 0 Å². The Hall–Kier alpha value is -3.41. The Kier molecular flexibility index (Phi) is 4.85. The summed E-state index contributed by atoms with van der Waals surface area (Å²) in [6.45, 7) is 3.36. The van der Waals surface area contributed by atoms with E-state index in [1.165, 1.54) is 5.56 Å². The van der Waals surface area contributed by atoms with Crippen LogP contribution < -0.4 is 4.90 Å². The molecule has 2 fully saturated rings. The van der Waals surface area contributed by atoms with Crippen molar-refractivity contribution in [2.24, 2.45) is 0 Å². The molecule has 158 valence electrons. The number of piperidine rings is 1. The lowest BCUT2D eigenvalue weighted by molar-refractivity contribution is -0.130. The third-order valence-electron chi connectivity index (χ3n) is 6.58. The smallest absolute Gasteiger partial charge is 0.254 e. The number of hydrogen-bond donors (Lipinski definition) is 0. The number of amides is 2. The lowest BCUT2D eigenvalue weighted by atomic mass is 9.84. The van der Waals surface area contributed by atoms with Gasteiger partial charge in [0.25, 0.3) is 11.8 Å². The molecule has 6 heteroatoms. The van der Waals surface area contributed by atoms with Gasteiger partial charge >= 0.3 is 0 Å². The number of anilines is 1. The number of hydrogen-bond acceptors (Lipinski definition) is 3. The van der Waals surface area contributed by atoms with Gasteiger partial charge in [-0.15, -0.1) is 0 Å². The van der Waals surface area contributed by atoms with Crippen LogP contribution in [0.1, 0.15) is 41.6 Å². The fraction of sp³-hybridized carbons (Fsp3) is 0.320. The van der Waals surface area contributed by atoms with Gasteiger partial charge in [-0.3, -0.25) is 9.59 Å². The van der Waals surface area contributed by atoms with Crippen molar-refractivity contribution >= 4 is 17.5 Å². The van der Waals surface area contributed by atoms with Gasteiger partial charge in [0, 0.05) is 36.7 Å². The van der Waals surface area contributed by atoms with Crippen molar-refractivity contribution in [2.45, 2.75) is 38.1 Å². The van der Waals surface area contributed by atoms with E-state index in [0.717, 1.165) is 37.1 Å². The van der Waals surface area contributed by atoms with Crippen LogP contribution in [-0.4, -0.2) is 45.1 Å². The molecule has 0 radical (unpaired) electrons. The molecule has 0 saturated carbocycles. The Labute approximate surface area is 182 Å². The van der Waals surface area contributed by atoms with E-state index in [2.05, 4.69) is 5.10 Å². The van der Waals surface area contributed by atoms with Gasteiger partial charge in [0.15, 0.2) is 0 Å². The van der Waals surface area contributed by atoms with Crippen molar-refractivity contribution in [3.05, 3.63) is 78.1 Å². The van der Waals surface area contributed by atoms with E-state index >= 15 is 0 Å². The number of nitrogens with zero attached hydrogens (tertiary/aromatic N) is 4. The van der Waals surface area contributed by atoms with Crippen molar-refractivity contribution in [2.75, 3.05) is 18.0 Å². The van der Waals surface area contributed by atoms with E-state index in [1.54, 1.807) is 10.9 Å². The molecule has 0 bridgehead atoms. The van der Waals surface area contributed by atoms with E-state index in [1.807, 2.05) is 77.5 Å². The topological polar surface area (TPSA) is 58.4 Å². The van der Waals surface area contributed by atoms with Crippen LogP contribution in [0.15, 0.2) is 67.0 Å². The fourth-order valence-corrected chi connectivity index (χ4v) is 4.95. The molecule has 3 aromatic rings. The molecular weight excluding hydrogens is 388 g/mol. The highest BCUT2D eigenvalue weighted by Gasteiger charge is 2.53. The third kappa shape index (κ3) is 3.32. The summed E-state index contributed by atoms with van der Waals surface area (Å²) in [5.74, 6) is -0.00904. The second-order valence-electron chi connectivity index (χ2n) is 8.49. The molecule has 31 heavy (non-hydrogen) atoms. The first-order valence-corrected chi connectivity index (χ1v) is 10.9. The number of aryl methyl sites for hydroxylation is 1. The summed E-state index contributed by atoms with van der Waals surface area (Å²) in [4.78, 5) is 30.9. The zero-order valence-corrected chi connectivity index (χ0v) is 17.7. The summed E-state index contributed by atoms with van der Waals surface area (Å²) in [5.41, 5.74) is 2.85. The van der Waals surface area contributed by atoms with Crippen molar-refractivity contribution in [3.8, 4) is 5.69 Å². The molecule has 0 N–H and O–H groups in total. The number of carbonyl (C=O) groups excluding carboxylic acids is 2. The molecule has 2 aliphatic heterocycles. The number of benzene rings is 2. The molecule has 2 saturated heterocycles. The highest BCUT2D eigenvalue weighted by atomic mass is 16.2. The average Bonchev–Trinajstić information content (AvgIpc) is 3.47. The molecule has 1 unspecified atom stereocenters. The molecule has 3 heterocycles. The minimum Gasteiger partial charge on any atom is -0.324 e. The lowest BCUT2D eigenvalue weighted by Gasteiger charge is -2.44. The molecule has 2 aromatic carbocycles. The first-order valence-electron chi connectivity index (χ1n) is 10.9. The Morgan fingerprint density at radius 2 is 1.61 bits per heavy atom. The molecule has 0 aliphatic carbocycles. The van der Waals surface area contributed by atoms with Gasteiger partial charge in [0.1, 0.15) is 5.54 Å². The van der Waals surface area contributed by atoms with Crippen molar-refractivity contribution in [1.29, 1.82) is 0 Å². The van der Waals surface area contributed by atoms with E-state index in [-0.39, 0.29) is 11.8 Å².